The van der Waals surface area contributed by atoms with Crippen LogP contribution in [0.1, 0.15) is 31.1 Å². The second kappa shape index (κ2) is 7.12. The molecule has 0 saturated carbocycles. The fraction of sp³-hybridized carbons (Fsp3) is 0.222. The molecule has 0 aliphatic heterocycles. The van der Waals surface area contributed by atoms with E-state index in [1.807, 2.05) is 20.8 Å². The topological polar surface area (TPSA) is 101 Å². The van der Waals surface area contributed by atoms with Crippen LogP contribution in [-0.2, 0) is 4.79 Å². The van der Waals surface area contributed by atoms with Crippen LogP contribution in [0.5, 0.6) is 0 Å². The average Bonchev–Trinajstić information content (AvgIpc) is 2.55. The molecule has 0 aromatic heterocycles. The smallest absolute Gasteiger partial charge is 0.269 e. The molecule has 2 aromatic rings. The highest BCUT2D eigenvalue weighted by molar-refractivity contribution is 6.04. The van der Waals surface area contributed by atoms with E-state index in [-0.39, 0.29) is 17.5 Å². The van der Waals surface area contributed by atoms with Gasteiger partial charge in [-0.25, -0.2) is 0 Å². The Morgan fingerprint density at radius 3 is 1.84 bits per heavy atom. The van der Waals surface area contributed by atoms with E-state index in [1.54, 1.807) is 24.3 Å². The lowest BCUT2D eigenvalue weighted by molar-refractivity contribution is -0.384. The third kappa shape index (κ3) is 4.87. The molecule has 2 rings (SSSR count). The first-order valence-electron chi connectivity index (χ1n) is 7.64. The van der Waals surface area contributed by atoms with Crippen LogP contribution in [0, 0.1) is 15.5 Å². The molecule has 130 valence electrons. The molecule has 0 atom stereocenters. The Balaban J connectivity index is 2.02. The number of carbonyl (C=O) groups excluding carboxylic acids is 2. The number of benzene rings is 2. The van der Waals surface area contributed by atoms with Gasteiger partial charge in [0.2, 0.25) is 5.91 Å². The molecular weight excluding hydrogens is 322 g/mol. The SMILES string of the molecule is CC(C)(C)C(=O)Nc1ccc(C(=O)Nc2ccc([N+](=O)[O-])cc2)cc1. The van der Waals surface area contributed by atoms with Crippen LogP contribution in [0.3, 0.4) is 0 Å². The Hall–Kier alpha value is -3.22. The molecule has 7 heteroatoms. The summed E-state index contributed by atoms with van der Waals surface area (Å²) < 4.78 is 0. The number of amides is 2. The minimum atomic E-state index is -0.508. The molecule has 0 aliphatic carbocycles. The highest BCUT2D eigenvalue weighted by atomic mass is 16.6. The first kappa shape index (κ1) is 18.1. The third-order valence-electron chi connectivity index (χ3n) is 3.42. The van der Waals surface area contributed by atoms with E-state index >= 15 is 0 Å². The number of anilines is 2. The van der Waals surface area contributed by atoms with Crippen LogP contribution in [0.4, 0.5) is 17.1 Å². The number of rotatable bonds is 4. The Kier molecular flexibility index (Phi) is 5.17. The number of nitro benzene ring substituents is 1. The molecule has 2 amide bonds. The quantitative estimate of drug-likeness (QED) is 0.651. The first-order valence-corrected chi connectivity index (χ1v) is 7.64. The Bertz CT molecular complexity index is 791. The van der Waals surface area contributed by atoms with E-state index < -0.39 is 10.3 Å². The Morgan fingerprint density at radius 2 is 1.36 bits per heavy atom. The van der Waals surface area contributed by atoms with Crippen LogP contribution >= 0.6 is 0 Å². The molecular formula is C18H19N3O4. The summed E-state index contributed by atoms with van der Waals surface area (Å²) >= 11 is 0. The third-order valence-corrected chi connectivity index (χ3v) is 3.42. The van der Waals surface area contributed by atoms with E-state index in [1.165, 1.54) is 24.3 Å². The molecule has 2 aromatic carbocycles. The van der Waals surface area contributed by atoms with E-state index in [9.17, 15) is 19.7 Å². The number of nitro groups is 1. The van der Waals surface area contributed by atoms with E-state index in [0.29, 0.717) is 16.9 Å². The Labute approximate surface area is 145 Å². The minimum Gasteiger partial charge on any atom is -0.326 e. The number of nitrogens with zero attached hydrogens (tertiary/aromatic N) is 1. The fourth-order valence-corrected chi connectivity index (χ4v) is 1.89. The predicted molar refractivity (Wildman–Crippen MR) is 95.6 cm³/mol. The van der Waals surface area contributed by atoms with Gasteiger partial charge in [-0.1, -0.05) is 20.8 Å². The fourth-order valence-electron chi connectivity index (χ4n) is 1.89. The molecule has 2 N–H and O–H groups in total. The summed E-state index contributed by atoms with van der Waals surface area (Å²) in [5.41, 5.74) is 0.919. The summed E-state index contributed by atoms with van der Waals surface area (Å²) in [6, 6.07) is 12.1. The van der Waals surface area contributed by atoms with Crippen molar-refractivity contribution in [1.82, 2.24) is 0 Å². The zero-order valence-electron chi connectivity index (χ0n) is 14.2. The van der Waals surface area contributed by atoms with Crippen LogP contribution < -0.4 is 10.6 Å². The second-order valence-corrected chi connectivity index (χ2v) is 6.54. The normalized spacial score (nSPS) is 10.8. The summed E-state index contributed by atoms with van der Waals surface area (Å²) in [5, 5.41) is 16.1. The van der Waals surface area contributed by atoms with Crippen LogP contribution in [-0.4, -0.2) is 16.7 Å². The van der Waals surface area contributed by atoms with Gasteiger partial charge in [-0.05, 0) is 36.4 Å². The molecule has 0 bridgehead atoms. The van der Waals surface area contributed by atoms with E-state index in [2.05, 4.69) is 10.6 Å². The Morgan fingerprint density at radius 1 is 0.880 bits per heavy atom. The van der Waals surface area contributed by atoms with Crippen LogP contribution in [0.15, 0.2) is 48.5 Å². The number of nitrogens with one attached hydrogen (secondary N) is 2. The maximum absolute atomic E-state index is 12.2. The summed E-state index contributed by atoms with van der Waals surface area (Å²) in [4.78, 5) is 34.2. The lowest BCUT2D eigenvalue weighted by atomic mass is 9.95. The van der Waals surface area contributed by atoms with Gasteiger partial charge in [0.05, 0.1) is 4.92 Å². The first-order chi connectivity index (χ1) is 11.7. The largest absolute Gasteiger partial charge is 0.326 e. The van der Waals surface area contributed by atoms with Gasteiger partial charge in [-0.2, -0.15) is 0 Å². The number of hydrogen-bond acceptors (Lipinski definition) is 4. The van der Waals surface area contributed by atoms with Gasteiger partial charge in [0.1, 0.15) is 0 Å². The van der Waals surface area contributed by atoms with Crippen molar-refractivity contribution in [3.05, 3.63) is 64.2 Å². The van der Waals surface area contributed by atoms with Crippen molar-refractivity contribution in [2.45, 2.75) is 20.8 Å². The molecule has 0 spiro atoms. The van der Waals surface area contributed by atoms with Crippen molar-refractivity contribution in [3.8, 4) is 0 Å². The van der Waals surface area contributed by atoms with Crippen molar-refractivity contribution in [2.24, 2.45) is 5.41 Å². The average molecular weight is 341 g/mol. The van der Waals surface area contributed by atoms with Crippen molar-refractivity contribution in [3.63, 3.8) is 0 Å². The number of non-ortho nitro benzene ring substituents is 1. The van der Waals surface area contributed by atoms with Crippen molar-refractivity contribution >= 4 is 28.9 Å². The molecule has 0 radical (unpaired) electrons. The van der Waals surface area contributed by atoms with E-state index in [0.717, 1.165) is 0 Å². The molecule has 0 heterocycles. The highest BCUT2D eigenvalue weighted by Gasteiger charge is 2.21. The summed E-state index contributed by atoms with van der Waals surface area (Å²) in [6.45, 7) is 5.44. The molecule has 7 nitrogen and oxygen atoms in total. The predicted octanol–water partition coefficient (Wildman–Crippen LogP) is 3.83. The van der Waals surface area contributed by atoms with E-state index in [4.69, 9.17) is 0 Å². The van der Waals surface area contributed by atoms with Crippen LogP contribution in [0.2, 0.25) is 0 Å². The molecule has 25 heavy (non-hydrogen) atoms. The zero-order valence-corrected chi connectivity index (χ0v) is 14.2. The standard InChI is InChI=1S/C18H19N3O4/c1-18(2,3)17(23)20-14-6-4-12(5-7-14)16(22)19-13-8-10-15(11-9-13)21(24)25/h4-11H,1-3H3,(H,19,22)(H,20,23). The monoisotopic (exact) mass is 341 g/mol. The summed E-state index contributed by atoms with van der Waals surface area (Å²) in [7, 11) is 0. The van der Waals surface area contributed by atoms with Crippen molar-refractivity contribution in [2.75, 3.05) is 10.6 Å². The molecule has 0 aliphatic rings. The lowest BCUT2D eigenvalue weighted by Gasteiger charge is -2.17. The van der Waals surface area contributed by atoms with Crippen molar-refractivity contribution < 1.29 is 14.5 Å². The van der Waals surface area contributed by atoms with Gasteiger partial charge < -0.3 is 10.6 Å². The minimum absolute atomic E-state index is 0.0445. The number of hydrogen-bond donors (Lipinski definition) is 2. The van der Waals surface area contributed by atoms with Crippen molar-refractivity contribution in [1.29, 1.82) is 0 Å². The zero-order chi connectivity index (χ0) is 18.6. The van der Waals surface area contributed by atoms with Gasteiger partial charge in [0, 0.05) is 34.5 Å². The summed E-state index contributed by atoms with van der Waals surface area (Å²) in [6.07, 6.45) is 0. The number of carbonyl (C=O) groups is 2. The highest BCUT2D eigenvalue weighted by Crippen LogP contribution is 2.19. The molecule has 0 unspecified atom stereocenters. The van der Waals surface area contributed by atoms with Gasteiger partial charge in [0.15, 0.2) is 0 Å². The van der Waals surface area contributed by atoms with Gasteiger partial charge in [0.25, 0.3) is 11.6 Å². The molecule has 0 fully saturated rings. The van der Waals surface area contributed by atoms with Crippen LogP contribution in [0.25, 0.3) is 0 Å². The molecule has 0 saturated heterocycles. The maximum atomic E-state index is 12.2. The summed E-state index contributed by atoms with van der Waals surface area (Å²) in [5.74, 6) is -0.460. The lowest BCUT2D eigenvalue weighted by Crippen LogP contribution is -2.27. The maximum Gasteiger partial charge on any atom is 0.269 e. The van der Waals surface area contributed by atoms with Gasteiger partial charge >= 0.3 is 0 Å². The van der Waals surface area contributed by atoms with Gasteiger partial charge in [-0.3, -0.25) is 19.7 Å². The van der Waals surface area contributed by atoms with Gasteiger partial charge in [-0.15, -0.1) is 0 Å². The second-order valence-electron chi connectivity index (χ2n) is 6.54.